The molecular formula is C13H11BrN2OS. The van der Waals surface area contributed by atoms with Crippen LogP contribution < -0.4 is 5.43 Å². The number of phenolic OH excluding ortho intramolecular Hbond substituents is 1. The molecule has 0 aliphatic carbocycles. The lowest BCUT2D eigenvalue weighted by Crippen LogP contribution is -2.07. The molecule has 0 saturated carbocycles. The summed E-state index contributed by atoms with van der Waals surface area (Å²) in [5.41, 5.74) is 4.81. The fourth-order valence-corrected chi connectivity index (χ4v) is 3.14. The average Bonchev–Trinajstić information content (AvgIpc) is 3.00. The van der Waals surface area contributed by atoms with E-state index in [0.717, 1.165) is 22.2 Å². The first-order valence-electron chi connectivity index (χ1n) is 5.58. The molecule has 3 nitrogen and oxygen atoms in total. The first-order chi connectivity index (χ1) is 8.74. The molecular weight excluding hydrogens is 312 g/mol. The van der Waals surface area contributed by atoms with Crippen LogP contribution in [0.25, 0.3) is 0 Å². The Labute approximate surface area is 117 Å². The Hall–Kier alpha value is -1.33. The number of hydrazone groups is 1. The number of nitrogens with zero attached hydrogens (tertiary/aromatic N) is 1. The summed E-state index contributed by atoms with van der Waals surface area (Å²) in [6.45, 7) is 0. The molecule has 2 aromatic rings. The van der Waals surface area contributed by atoms with Gasteiger partial charge >= 0.3 is 0 Å². The number of rotatable bonds is 2. The van der Waals surface area contributed by atoms with E-state index in [-0.39, 0.29) is 11.8 Å². The fraction of sp³-hybridized carbons (Fsp3) is 0.154. The smallest absolute Gasteiger partial charge is 0.124 e. The van der Waals surface area contributed by atoms with Gasteiger partial charge in [-0.2, -0.15) is 5.10 Å². The number of benzene rings is 1. The molecule has 2 N–H and O–H groups in total. The number of phenols is 1. The van der Waals surface area contributed by atoms with Gasteiger partial charge in [0.1, 0.15) is 5.75 Å². The van der Waals surface area contributed by atoms with Gasteiger partial charge in [-0.25, -0.2) is 0 Å². The Morgan fingerprint density at radius 1 is 1.39 bits per heavy atom. The zero-order valence-corrected chi connectivity index (χ0v) is 11.8. The van der Waals surface area contributed by atoms with Crippen LogP contribution in [-0.2, 0) is 0 Å². The standard InChI is InChI=1S/C13H11BrN2OS/c14-8-3-4-12(17)9(6-8)10-7-11(16-15-10)13-2-1-5-18-13/h1-6,11,16-17H,7H2. The molecule has 0 radical (unpaired) electrons. The molecule has 1 aromatic carbocycles. The molecule has 1 aliphatic rings. The summed E-state index contributed by atoms with van der Waals surface area (Å²) in [6, 6.07) is 9.75. The van der Waals surface area contributed by atoms with Crippen molar-refractivity contribution in [1.29, 1.82) is 0 Å². The van der Waals surface area contributed by atoms with E-state index in [1.165, 1.54) is 4.88 Å². The van der Waals surface area contributed by atoms with Crippen molar-refractivity contribution in [2.75, 3.05) is 0 Å². The molecule has 1 aliphatic heterocycles. The van der Waals surface area contributed by atoms with Crippen LogP contribution in [0.4, 0.5) is 0 Å². The largest absolute Gasteiger partial charge is 0.507 e. The lowest BCUT2D eigenvalue weighted by Gasteiger charge is -2.07. The quantitative estimate of drug-likeness (QED) is 0.886. The molecule has 1 unspecified atom stereocenters. The fourth-order valence-electron chi connectivity index (χ4n) is 2.00. The third-order valence-electron chi connectivity index (χ3n) is 2.91. The zero-order valence-electron chi connectivity index (χ0n) is 9.43. The molecule has 18 heavy (non-hydrogen) atoms. The van der Waals surface area contributed by atoms with Crippen LogP contribution in [0.5, 0.6) is 5.75 Å². The van der Waals surface area contributed by atoms with Crippen LogP contribution in [0.15, 0.2) is 45.3 Å². The van der Waals surface area contributed by atoms with Gasteiger partial charge in [-0.1, -0.05) is 22.0 Å². The first kappa shape index (κ1) is 11.7. The van der Waals surface area contributed by atoms with Gasteiger partial charge in [0.25, 0.3) is 0 Å². The summed E-state index contributed by atoms with van der Waals surface area (Å²) < 4.78 is 0.942. The zero-order chi connectivity index (χ0) is 12.5. The van der Waals surface area contributed by atoms with E-state index in [1.807, 2.05) is 18.2 Å². The molecule has 0 bridgehead atoms. The van der Waals surface area contributed by atoms with Gasteiger partial charge in [0.2, 0.25) is 0 Å². The summed E-state index contributed by atoms with van der Waals surface area (Å²) >= 11 is 5.13. The van der Waals surface area contributed by atoms with Crippen molar-refractivity contribution in [1.82, 2.24) is 5.43 Å². The number of hydrogen-bond donors (Lipinski definition) is 2. The van der Waals surface area contributed by atoms with Gasteiger partial charge in [0, 0.05) is 21.3 Å². The minimum atomic E-state index is 0.221. The van der Waals surface area contributed by atoms with Crippen LogP contribution in [0.1, 0.15) is 22.9 Å². The molecule has 0 saturated heterocycles. The van der Waals surface area contributed by atoms with Crippen LogP contribution in [0, 0.1) is 0 Å². The van der Waals surface area contributed by atoms with E-state index in [2.05, 4.69) is 37.9 Å². The lowest BCUT2D eigenvalue weighted by molar-refractivity contribution is 0.474. The van der Waals surface area contributed by atoms with E-state index in [9.17, 15) is 5.11 Å². The Morgan fingerprint density at radius 3 is 3.06 bits per heavy atom. The van der Waals surface area contributed by atoms with Gasteiger partial charge in [-0.15, -0.1) is 11.3 Å². The highest BCUT2D eigenvalue weighted by molar-refractivity contribution is 9.10. The SMILES string of the molecule is Oc1ccc(Br)cc1C1=NNC(c2cccs2)C1. The third kappa shape index (κ3) is 2.15. The molecule has 2 heterocycles. The summed E-state index contributed by atoms with van der Waals surface area (Å²) in [5.74, 6) is 0.269. The van der Waals surface area contributed by atoms with Crippen molar-refractivity contribution >= 4 is 33.0 Å². The molecule has 3 rings (SSSR count). The van der Waals surface area contributed by atoms with Crippen molar-refractivity contribution in [3.63, 3.8) is 0 Å². The van der Waals surface area contributed by atoms with E-state index in [0.29, 0.717) is 0 Å². The van der Waals surface area contributed by atoms with Crippen molar-refractivity contribution < 1.29 is 5.11 Å². The highest BCUT2D eigenvalue weighted by Gasteiger charge is 2.23. The Kier molecular flexibility index (Phi) is 3.09. The Bertz CT molecular complexity index is 595. The number of nitrogens with one attached hydrogen (secondary N) is 1. The monoisotopic (exact) mass is 322 g/mol. The van der Waals surface area contributed by atoms with Gasteiger partial charge in [-0.05, 0) is 29.6 Å². The predicted octanol–water partition coefficient (Wildman–Crippen LogP) is 3.65. The second-order valence-corrected chi connectivity index (χ2v) is 6.02. The molecule has 0 spiro atoms. The van der Waals surface area contributed by atoms with Crippen molar-refractivity contribution in [2.45, 2.75) is 12.5 Å². The maximum absolute atomic E-state index is 9.89. The van der Waals surface area contributed by atoms with E-state index >= 15 is 0 Å². The van der Waals surface area contributed by atoms with Gasteiger partial charge in [0.15, 0.2) is 0 Å². The minimum absolute atomic E-state index is 0.221. The van der Waals surface area contributed by atoms with E-state index < -0.39 is 0 Å². The van der Waals surface area contributed by atoms with E-state index in [4.69, 9.17) is 0 Å². The maximum Gasteiger partial charge on any atom is 0.124 e. The van der Waals surface area contributed by atoms with Crippen LogP contribution in [0.3, 0.4) is 0 Å². The normalized spacial score (nSPS) is 18.5. The highest BCUT2D eigenvalue weighted by Crippen LogP contribution is 2.31. The maximum atomic E-state index is 9.89. The average molecular weight is 323 g/mol. The Balaban J connectivity index is 1.85. The number of halogens is 1. The third-order valence-corrected chi connectivity index (χ3v) is 4.39. The van der Waals surface area contributed by atoms with Gasteiger partial charge in [0.05, 0.1) is 11.8 Å². The Morgan fingerprint density at radius 2 is 2.28 bits per heavy atom. The van der Waals surface area contributed by atoms with Crippen molar-refractivity contribution in [2.24, 2.45) is 5.10 Å². The van der Waals surface area contributed by atoms with Crippen LogP contribution >= 0.6 is 27.3 Å². The summed E-state index contributed by atoms with van der Waals surface area (Å²) in [6.07, 6.45) is 0.796. The molecule has 1 aromatic heterocycles. The van der Waals surface area contributed by atoms with Crippen molar-refractivity contribution in [3.05, 3.63) is 50.6 Å². The van der Waals surface area contributed by atoms with Crippen LogP contribution in [-0.4, -0.2) is 10.8 Å². The van der Waals surface area contributed by atoms with Gasteiger partial charge < -0.3 is 10.5 Å². The predicted molar refractivity (Wildman–Crippen MR) is 77.2 cm³/mol. The number of aromatic hydroxyl groups is 1. The summed E-state index contributed by atoms with van der Waals surface area (Å²) in [5, 5.41) is 16.3. The number of thiophene rings is 1. The first-order valence-corrected chi connectivity index (χ1v) is 7.25. The van der Waals surface area contributed by atoms with Crippen LogP contribution in [0.2, 0.25) is 0 Å². The van der Waals surface area contributed by atoms with E-state index in [1.54, 1.807) is 17.4 Å². The lowest BCUT2D eigenvalue weighted by atomic mass is 10.0. The number of hydrogen-bond acceptors (Lipinski definition) is 4. The second-order valence-electron chi connectivity index (χ2n) is 4.12. The topological polar surface area (TPSA) is 44.6 Å². The summed E-state index contributed by atoms with van der Waals surface area (Å²) in [4.78, 5) is 1.27. The molecule has 5 heteroatoms. The summed E-state index contributed by atoms with van der Waals surface area (Å²) in [7, 11) is 0. The highest BCUT2D eigenvalue weighted by atomic mass is 79.9. The molecule has 0 amide bonds. The minimum Gasteiger partial charge on any atom is -0.507 e. The molecule has 1 atom stereocenters. The molecule has 92 valence electrons. The van der Waals surface area contributed by atoms with Gasteiger partial charge in [-0.3, -0.25) is 0 Å². The van der Waals surface area contributed by atoms with Crippen molar-refractivity contribution in [3.8, 4) is 5.75 Å². The molecule has 0 fully saturated rings. The second kappa shape index (κ2) is 4.74.